The largest absolute Gasteiger partial charge is 0.387 e. The van der Waals surface area contributed by atoms with Gasteiger partial charge in [-0.1, -0.05) is 23.7 Å². The molecule has 0 radical (unpaired) electrons. The van der Waals surface area contributed by atoms with E-state index in [1.54, 1.807) is 13.0 Å². The molecule has 1 nitrogen and oxygen atoms in total. The van der Waals surface area contributed by atoms with Gasteiger partial charge >= 0.3 is 0 Å². The molecule has 0 bridgehead atoms. The Hall–Kier alpha value is -0.970. The zero-order valence-corrected chi connectivity index (χ0v) is 9.10. The highest BCUT2D eigenvalue weighted by Crippen LogP contribution is 2.22. The summed E-state index contributed by atoms with van der Waals surface area (Å²) in [6, 6.07) is 5.52. The molecule has 1 atom stereocenters. The Morgan fingerprint density at radius 2 is 2.21 bits per heavy atom. The Balaban J connectivity index is 2.83. The van der Waals surface area contributed by atoms with Gasteiger partial charge in [0.05, 0.1) is 6.10 Å². The van der Waals surface area contributed by atoms with Crippen molar-refractivity contribution in [3.05, 3.63) is 34.3 Å². The molecule has 1 rings (SSSR count). The van der Waals surface area contributed by atoms with Gasteiger partial charge in [-0.25, -0.2) is 0 Å². The molecule has 0 fully saturated rings. The molecule has 2 heteroatoms. The lowest BCUT2D eigenvalue weighted by atomic mass is 10.0. The van der Waals surface area contributed by atoms with Gasteiger partial charge in [-0.3, -0.25) is 0 Å². The Labute approximate surface area is 89.7 Å². The van der Waals surface area contributed by atoms with Gasteiger partial charge in [0, 0.05) is 11.4 Å². The zero-order chi connectivity index (χ0) is 10.6. The van der Waals surface area contributed by atoms with Gasteiger partial charge in [0.15, 0.2) is 0 Å². The number of aryl methyl sites for hydroxylation is 1. The predicted molar refractivity (Wildman–Crippen MR) is 59.2 cm³/mol. The topological polar surface area (TPSA) is 20.2 Å². The van der Waals surface area contributed by atoms with Crippen molar-refractivity contribution in [3.63, 3.8) is 0 Å². The molecule has 0 spiro atoms. The minimum atomic E-state index is -0.515. The Morgan fingerprint density at radius 1 is 1.50 bits per heavy atom. The van der Waals surface area contributed by atoms with Crippen LogP contribution >= 0.6 is 11.6 Å². The highest BCUT2D eigenvalue weighted by molar-refractivity contribution is 6.31. The smallest absolute Gasteiger partial charge is 0.0899 e. The summed E-state index contributed by atoms with van der Waals surface area (Å²) in [5.74, 6) is 5.61. The van der Waals surface area contributed by atoms with E-state index in [2.05, 4.69) is 11.8 Å². The Kier molecular flexibility index (Phi) is 4.00. The Bertz CT molecular complexity index is 374. The van der Waals surface area contributed by atoms with Crippen LogP contribution in [0.25, 0.3) is 0 Å². The average molecular weight is 209 g/mol. The molecular weight excluding hydrogens is 196 g/mol. The lowest BCUT2D eigenvalue weighted by molar-refractivity contribution is 0.184. The second kappa shape index (κ2) is 5.05. The van der Waals surface area contributed by atoms with E-state index in [1.807, 2.05) is 19.1 Å². The number of halogens is 1. The third-order valence-corrected chi connectivity index (χ3v) is 2.46. The second-order valence-electron chi connectivity index (χ2n) is 3.16. The summed E-state index contributed by atoms with van der Waals surface area (Å²) in [5, 5.41) is 10.4. The van der Waals surface area contributed by atoms with E-state index in [1.165, 1.54) is 0 Å². The molecule has 0 amide bonds. The van der Waals surface area contributed by atoms with Crippen LogP contribution in [-0.4, -0.2) is 5.11 Å². The highest BCUT2D eigenvalue weighted by atomic mass is 35.5. The molecule has 0 heterocycles. The maximum absolute atomic E-state index is 9.72. The molecule has 1 aromatic carbocycles. The van der Waals surface area contributed by atoms with Gasteiger partial charge in [-0.2, -0.15) is 0 Å². The number of rotatable bonds is 2. The van der Waals surface area contributed by atoms with Gasteiger partial charge in [0.25, 0.3) is 0 Å². The molecule has 0 aliphatic carbocycles. The van der Waals surface area contributed by atoms with Crippen LogP contribution in [0.1, 0.15) is 30.6 Å². The van der Waals surface area contributed by atoms with Crippen LogP contribution in [0.2, 0.25) is 5.02 Å². The van der Waals surface area contributed by atoms with Crippen molar-refractivity contribution in [2.24, 2.45) is 0 Å². The van der Waals surface area contributed by atoms with Gasteiger partial charge in [-0.05, 0) is 31.0 Å². The summed E-state index contributed by atoms with van der Waals surface area (Å²) in [5.41, 5.74) is 1.85. The number of hydrogen-bond donors (Lipinski definition) is 1. The first-order valence-electron chi connectivity index (χ1n) is 4.49. The fourth-order valence-electron chi connectivity index (χ4n) is 1.19. The number of hydrogen-bond acceptors (Lipinski definition) is 1. The minimum Gasteiger partial charge on any atom is -0.387 e. The summed E-state index contributed by atoms with van der Waals surface area (Å²) < 4.78 is 0. The maximum Gasteiger partial charge on any atom is 0.0899 e. The molecule has 1 N–H and O–H groups in total. The van der Waals surface area contributed by atoms with Crippen molar-refractivity contribution in [3.8, 4) is 11.8 Å². The van der Waals surface area contributed by atoms with E-state index < -0.39 is 6.10 Å². The van der Waals surface area contributed by atoms with Crippen molar-refractivity contribution in [2.45, 2.75) is 26.4 Å². The van der Waals surface area contributed by atoms with Crippen molar-refractivity contribution in [1.29, 1.82) is 0 Å². The SMILES string of the molecule is CC#CCC(O)c1ccc(Cl)c(C)c1. The second-order valence-corrected chi connectivity index (χ2v) is 3.56. The van der Waals surface area contributed by atoms with Crippen molar-refractivity contribution in [2.75, 3.05) is 0 Å². The zero-order valence-electron chi connectivity index (χ0n) is 8.34. The third-order valence-electron chi connectivity index (χ3n) is 2.04. The van der Waals surface area contributed by atoms with Gasteiger partial charge in [0.2, 0.25) is 0 Å². The first kappa shape index (κ1) is 11.1. The van der Waals surface area contributed by atoms with Crippen LogP contribution in [0, 0.1) is 18.8 Å². The molecule has 1 aromatic rings. The summed E-state index contributed by atoms with van der Waals surface area (Å²) in [7, 11) is 0. The molecule has 0 aliphatic rings. The van der Waals surface area contributed by atoms with E-state index in [4.69, 9.17) is 11.6 Å². The fraction of sp³-hybridized carbons (Fsp3) is 0.333. The van der Waals surface area contributed by atoms with Crippen LogP contribution in [0.15, 0.2) is 18.2 Å². The van der Waals surface area contributed by atoms with Gasteiger partial charge in [0.1, 0.15) is 0 Å². The van der Waals surface area contributed by atoms with Crippen LogP contribution in [0.3, 0.4) is 0 Å². The summed E-state index contributed by atoms with van der Waals surface area (Å²) >= 11 is 5.88. The minimum absolute atomic E-state index is 0.470. The summed E-state index contributed by atoms with van der Waals surface area (Å²) in [6.45, 7) is 3.68. The van der Waals surface area contributed by atoms with Crippen LogP contribution in [0.4, 0.5) is 0 Å². The number of aliphatic hydroxyl groups excluding tert-OH is 1. The van der Waals surface area contributed by atoms with Crippen LogP contribution < -0.4 is 0 Å². The highest BCUT2D eigenvalue weighted by Gasteiger charge is 2.06. The maximum atomic E-state index is 9.72. The van der Waals surface area contributed by atoms with Crippen LogP contribution in [-0.2, 0) is 0 Å². The average Bonchev–Trinajstić information content (AvgIpc) is 2.18. The molecular formula is C12H13ClO. The lowest BCUT2D eigenvalue weighted by Gasteiger charge is -2.08. The first-order valence-corrected chi connectivity index (χ1v) is 4.86. The quantitative estimate of drug-likeness (QED) is 0.741. The molecule has 0 saturated heterocycles. The van der Waals surface area contributed by atoms with Gasteiger partial charge < -0.3 is 5.11 Å². The van der Waals surface area contributed by atoms with Crippen molar-refractivity contribution < 1.29 is 5.11 Å². The summed E-state index contributed by atoms with van der Waals surface area (Å²) in [6.07, 6.45) is -0.0455. The van der Waals surface area contributed by atoms with E-state index in [9.17, 15) is 5.11 Å². The molecule has 0 aliphatic heterocycles. The van der Waals surface area contributed by atoms with Crippen molar-refractivity contribution in [1.82, 2.24) is 0 Å². The van der Waals surface area contributed by atoms with E-state index in [0.29, 0.717) is 6.42 Å². The monoisotopic (exact) mass is 208 g/mol. The van der Waals surface area contributed by atoms with Crippen molar-refractivity contribution >= 4 is 11.6 Å². The van der Waals surface area contributed by atoms with E-state index >= 15 is 0 Å². The first-order chi connectivity index (χ1) is 6.65. The standard InChI is InChI=1S/C12H13ClO/c1-3-4-5-12(14)10-6-7-11(13)9(2)8-10/h6-8,12,14H,5H2,1-2H3. The predicted octanol–water partition coefficient (Wildman–Crippen LogP) is 3.10. The normalized spacial score (nSPS) is 11.7. The molecule has 0 aromatic heterocycles. The van der Waals surface area contributed by atoms with E-state index in [-0.39, 0.29) is 0 Å². The Morgan fingerprint density at radius 3 is 2.79 bits per heavy atom. The van der Waals surface area contributed by atoms with E-state index in [0.717, 1.165) is 16.1 Å². The molecule has 14 heavy (non-hydrogen) atoms. The number of aliphatic hydroxyl groups is 1. The van der Waals surface area contributed by atoms with Gasteiger partial charge in [-0.15, -0.1) is 11.8 Å². The fourth-order valence-corrected chi connectivity index (χ4v) is 1.31. The molecule has 0 saturated carbocycles. The third kappa shape index (κ3) is 2.77. The van der Waals surface area contributed by atoms with Crippen LogP contribution in [0.5, 0.6) is 0 Å². The number of benzene rings is 1. The molecule has 74 valence electrons. The molecule has 1 unspecified atom stereocenters. The lowest BCUT2D eigenvalue weighted by Crippen LogP contribution is -1.96. The summed E-state index contributed by atoms with van der Waals surface area (Å²) in [4.78, 5) is 0.